The van der Waals surface area contributed by atoms with Gasteiger partial charge in [-0.05, 0) is 91.2 Å². The van der Waals surface area contributed by atoms with Crippen LogP contribution in [-0.2, 0) is 16.2 Å². The first kappa shape index (κ1) is 30.7. The molecule has 228 valence electrons. The largest absolute Gasteiger partial charge is 0.396 e. The first-order chi connectivity index (χ1) is 20.0. The van der Waals surface area contributed by atoms with Crippen LogP contribution >= 0.6 is 0 Å². The quantitative estimate of drug-likeness (QED) is 0.316. The van der Waals surface area contributed by atoms with Crippen molar-refractivity contribution < 1.29 is 24.6 Å². The van der Waals surface area contributed by atoms with E-state index in [0.717, 1.165) is 23.1 Å². The van der Waals surface area contributed by atoms with Gasteiger partial charge in [-0.25, -0.2) is 0 Å². The van der Waals surface area contributed by atoms with Gasteiger partial charge >= 0.3 is 0 Å². The fraction of sp³-hybridized carbons (Fsp3) is 0.588. The smallest absolute Gasteiger partial charge is 0.251 e. The number of carbonyl (C=O) groups excluding carboxylic acids is 2. The van der Waals surface area contributed by atoms with Crippen molar-refractivity contribution in [2.45, 2.75) is 84.7 Å². The first-order valence-corrected chi connectivity index (χ1v) is 15.5. The Balaban J connectivity index is 1.31. The van der Waals surface area contributed by atoms with Crippen molar-refractivity contribution in [3.63, 3.8) is 0 Å². The molecule has 8 heteroatoms. The molecule has 0 spiro atoms. The summed E-state index contributed by atoms with van der Waals surface area (Å²) < 4.78 is 0. The molecular weight excluding hydrogens is 530 g/mol. The lowest BCUT2D eigenvalue weighted by Gasteiger charge is -2.62. The van der Waals surface area contributed by atoms with Crippen LogP contribution in [0.3, 0.4) is 0 Å². The molecule has 0 aromatic heterocycles. The Bertz CT molecular complexity index is 1280. The average Bonchev–Trinajstić information content (AvgIpc) is 3.29. The maximum Gasteiger partial charge on any atom is 0.251 e. The van der Waals surface area contributed by atoms with Gasteiger partial charge in [-0.3, -0.25) is 14.4 Å². The van der Waals surface area contributed by atoms with Gasteiger partial charge in [0, 0.05) is 30.7 Å². The van der Waals surface area contributed by atoms with Crippen molar-refractivity contribution in [3.05, 3.63) is 59.7 Å². The molecule has 3 aliphatic carbocycles. The lowest BCUT2D eigenvalue weighted by molar-refractivity contribution is -0.174. The summed E-state index contributed by atoms with van der Waals surface area (Å²) >= 11 is 0. The maximum absolute atomic E-state index is 13.9. The second kappa shape index (κ2) is 12.4. The minimum Gasteiger partial charge on any atom is -0.396 e. The van der Waals surface area contributed by atoms with Gasteiger partial charge in [0.2, 0.25) is 5.91 Å². The molecule has 8 atom stereocenters. The number of nitrogens with one attached hydrogen (secondary N) is 2. The van der Waals surface area contributed by atoms with Crippen LogP contribution in [0.15, 0.2) is 48.5 Å². The number of fused-ring (bicyclic) bond motifs is 2. The topological polar surface area (TPSA) is 111 Å². The van der Waals surface area contributed by atoms with Gasteiger partial charge in [0.1, 0.15) is 6.04 Å². The van der Waals surface area contributed by atoms with Gasteiger partial charge in [-0.1, -0.05) is 51.1 Å². The zero-order valence-electron chi connectivity index (χ0n) is 25.5. The molecule has 1 heterocycles. The van der Waals surface area contributed by atoms with Crippen LogP contribution in [0.1, 0.15) is 69.8 Å². The molecule has 4 fully saturated rings. The van der Waals surface area contributed by atoms with Crippen LogP contribution in [0.4, 0.5) is 0 Å². The highest BCUT2D eigenvalue weighted by Crippen LogP contribution is 2.61. The molecule has 2 bridgehead atoms. The fourth-order valence-corrected chi connectivity index (χ4v) is 7.76. The Kier molecular flexibility index (Phi) is 9.09. The highest BCUT2D eigenvalue weighted by molar-refractivity contribution is 5.95. The van der Waals surface area contributed by atoms with E-state index in [2.05, 4.69) is 37.5 Å². The van der Waals surface area contributed by atoms with Gasteiger partial charge in [0.25, 0.3) is 5.91 Å². The number of benzene rings is 2. The summed E-state index contributed by atoms with van der Waals surface area (Å²) in [6, 6.07) is 15.0. The summed E-state index contributed by atoms with van der Waals surface area (Å²) in [4.78, 5) is 32.7. The number of amides is 2. The zero-order chi connectivity index (χ0) is 30.2. The van der Waals surface area contributed by atoms with Gasteiger partial charge in [-0.2, -0.15) is 5.06 Å². The average molecular weight is 578 g/mol. The predicted octanol–water partition coefficient (Wildman–Crippen LogP) is 4.15. The first-order valence-electron chi connectivity index (χ1n) is 15.5. The molecule has 0 unspecified atom stereocenters. The van der Waals surface area contributed by atoms with E-state index in [1.54, 1.807) is 18.1 Å². The molecule has 1 aliphatic heterocycles. The zero-order valence-corrected chi connectivity index (χ0v) is 25.5. The van der Waals surface area contributed by atoms with E-state index in [1.807, 2.05) is 43.3 Å². The molecule has 2 aromatic rings. The second-order valence-electron chi connectivity index (χ2n) is 13.3. The SMILES string of the molecule is C[C@@H]1[C@@H](NC(=O)[C@@H]2[C@H]([C@H](C)O)[C@H](C)ON2Cc2cccc(-c3cccc(C(=O)NCCCO)c3)c2)C[C@H]2C[C@@H]1C2(C)C. The third-order valence-corrected chi connectivity index (χ3v) is 10.4. The Labute approximate surface area is 249 Å². The summed E-state index contributed by atoms with van der Waals surface area (Å²) in [5, 5.41) is 27.6. The molecule has 42 heavy (non-hydrogen) atoms. The molecule has 1 saturated heterocycles. The van der Waals surface area contributed by atoms with Gasteiger partial charge in [0.05, 0.1) is 18.8 Å². The van der Waals surface area contributed by atoms with E-state index in [9.17, 15) is 14.7 Å². The van der Waals surface area contributed by atoms with Crippen molar-refractivity contribution >= 4 is 11.8 Å². The van der Waals surface area contributed by atoms with Crippen molar-refractivity contribution in [2.24, 2.45) is 29.1 Å². The molecule has 0 radical (unpaired) electrons. The molecular formula is C34H47N3O5. The summed E-state index contributed by atoms with van der Waals surface area (Å²) in [6.07, 6.45) is 1.76. The summed E-state index contributed by atoms with van der Waals surface area (Å²) in [7, 11) is 0. The van der Waals surface area contributed by atoms with Crippen LogP contribution in [0.5, 0.6) is 0 Å². The van der Waals surface area contributed by atoms with Crippen LogP contribution in [0.25, 0.3) is 11.1 Å². The second-order valence-corrected chi connectivity index (χ2v) is 13.3. The Morgan fingerprint density at radius 3 is 2.48 bits per heavy atom. The van der Waals surface area contributed by atoms with Gasteiger partial charge in [-0.15, -0.1) is 0 Å². The van der Waals surface area contributed by atoms with Crippen LogP contribution in [0, 0.1) is 29.1 Å². The van der Waals surface area contributed by atoms with Gasteiger partial charge < -0.3 is 20.8 Å². The van der Waals surface area contributed by atoms with Crippen molar-refractivity contribution in [2.75, 3.05) is 13.2 Å². The fourth-order valence-electron chi connectivity index (χ4n) is 7.76. The van der Waals surface area contributed by atoms with E-state index in [-0.39, 0.29) is 36.5 Å². The number of aliphatic hydroxyl groups excluding tert-OH is 2. The molecule has 3 saturated carbocycles. The maximum atomic E-state index is 13.9. The lowest BCUT2D eigenvalue weighted by Crippen LogP contribution is -2.62. The number of rotatable bonds is 10. The standard InChI is InChI=1S/C34H47N3O5/c1-20-28-17-27(34(28,4)5)18-29(20)36-33(41)31-30(21(2)39)22(3)42-37(31)19-23-9-6-10-24(15-23)25-11-7-12-26(16-25)32(40)35-13-8-14-38/h6-7,9-12,15-16,20-22,27-31,38-39H,8,13-14,17-19H2,1-5H3,(H,35,40)(H,36,41)/t20-,21-,22-,27+,28-,29-,30+,31-/m0/s1. The summed E-state index contributed by atoms with van der Waals surface area (Å²) in [5.41, 5.74) is 3.73. The Hall–Kier alpha value is -2.78. The van der Waals surface area contributed by atoms with E-state index < -0.39 is 12.1 Å². The normalized spacial score (nSPS) is 30.8. The van der Waals surface area contributed by atoms with Gasteiger partial charge in [0.15, 0.2) is 0 Å². The van der Waals surface area contributed by atoms with E-state index in [0.29, 0.717) is 48.2 Å². The number of hydroxylamine groups is 2. The molecule has 8 nitrogen and oxygen atoms in total. The minimum absolute atomic E-state index is 0.0338. The molecule has 4 N–H and O–H groups in total. The van der Waals surface area contributed by atoms with Crippen molar-refractivity contribution in [1.29, 1.82) is 0 Å². The van der Waals surface area contributed by atoms with Crippen molar-refractivity contribution in [1.82, 2.24) is 15.7 Å². The Morgan fingerprint density at radius 2 is 1.81 bits per heavy atom. The van der Waals surface area contributed by atoms with Crippen LogP contribution in [0.2, 0.25) is 0 Å². The highest BCUT2D eigenvalue weighted by atomic mass is 16.7. The van der Waals surface area contributed by atoms with Crippen LogP contribution in [-0.4, -0.2) is 64.5 Å². The van der Waals surface area contributed by atoms with E-state index in [4.69, 9.17) is 9.94 Å². The number of hydrogen-bond donors (Lipinski definition) is 4. The highest BCUT2D eigenvalue weighted by Gasteiger charge is 2.57. The molecule has 2 aromatic carbocycles. The third kappa shape index (κ3) is 6.00. The minimum atomic E-state index is -0.700. The molecule has 6 rings (SSSR count). The number of nitrogens with zero attached hydrogens (tertiary/aromatic N) is 1. The number of aliphatic hydroxyl groups is 2. The predicted molar refractivity (Wildman–Crippen MR) is 162 cm³/mol. The van der Waals surface area contributed by atoms with Crippen molar-refractivity contribution in [3.8, 4) is 11.1 Å². The monoisotopic (exact) mass is 577 g/mol. The van der Waals surface area contributed by atoms with E-state index >= 15 is 0 Å². The van der Waals surface area contributed by atoms with E-state index in [1.165, 1.54) is 6.42 Å². The lowest BCUT2D eigenvalue weighted by atomic mass is 9.45. The third-order valence-electron chi connectivity index (χ3n) is 10.4. The number of carbonyl (C=O) groups is 2. The summed E-state index contributed by atoms with van der Waals surface area (Å²) in [5.74, 6) is 1.08. The Morgan fingerprint density at radius 1 is 1.10 bits per heavy atom. The summed E-state index contributed by atoms with van der Waals surface area (Å²) in [6.45, 7) is 11.5. The van der Waals surface area contributed by atoms with Crippen LogP contribution < -0.4 is 10.6 Å². The molecule has 2 amide bonds. The number of hydrogen-bond acceptors (Lipinski definition) is 6. The molecule has 4 aliphatic rings.